The lowest BCUT2D eigenvalue weighted by molar-refractivity contribution is 0.0622. The molecule has 1 fully saturated rings. The van der Waals surface area contributed by atoms with E-state index < -0.39 is 8.80 Å². The Morgan fingerprint density at radius 1 is 1.19 bits per heavy atom. The van der Waals surface area contributed by atoms with Crippen molar-refractivity contribution in [1.82, 2.24) is 0 Å². The van der Waals surface area contributed by atoms with Gasteiger partial charge in [-0.25, -0.2) is 0 Å². The Balaban J connectivity index is 2.06. The second kappa shape index (κ2) is 7.94. The molecule has 4 nitrogen and oxygen atoms in total. The summed E-state index contributed by atoms with van der Waals surface area (Å²) in [7, 11) is -2.49. The topological polar surface area (TPSA) is 30.9 Å². The lowest BCUT2D eigenvalue weighted by atomic mass is 10.2. The monoisotopic (exact) mass is 309 g/mol. The fourth-order valence-electron chi connectivity index (χ4n) is 2.89. The fraction of sp³-hybridized carbons (Fsp3) is 0.625. The fourth-order valence-corrected chi connectivity index (χ4v) is 5.75. The highest BCUT2D eigenvalue weighted by atomic mass is 28.4. The molecular weight excluding hydrogens is 282 g/mol. The van der Waals surface area contributed by atoms with Crippen molar-refractivity contribution in [1.29, 1.82) is 0 Å². The van der Waals surface area contributed by atoms with Crippen molar-refractivity contribution in [3.05, 3.63) is 30.3 Å². The second-order valence-electron chi connectivity index (χ2n) is 5.49. The zero-order valence-electron chi connectivity index (χ0n) is 13.4. The number of anilines is 1. The first-order chi connectivity index (χ1) is 10.2. The van der Waals surface area contributed by atoms with Gasteiger partial charge in [0.2, 0.25) is 0 Å². The molecule has 0 amide bonds. The lowest BCUT2D eigenvalue weighted by Crippen LogP contribution is -2.51. The third-order valence-electron chi connectivity index (χ3n) is 3.66. The van der Waals surface area contributed by atoms with E-state index >= 15 is 0 Å². The Morgan fingerprint density at radius 3 is 2.48 bits per heavy atom. The van der Waals surface area contributed by atoms with Gasteiger partial charge in [-0.2, -0.15) is 0 Å². The van der Waals surface area contributed by atoms with Crippen molar-refractivity contribution in [2.45, 2.75) is 26.8 Å². The van der Waals surface area contributed by atoms with E-state index in [2.05, 4.69) is 42.2 Å². The first-order valence-electron chi connectivity index (χ1n) is 7.91. The molecule has 1 aliphatic heterocycles. The van der Waals surface area contributed by atoms with Gasteiger partial charge in [0, 0.05) is 38.0 Å². The number of para-hydroxylation sites is 1. The molecule has 118 valence electrons. The minimum Gasteiger partial charge on any atom is -0.374 e. The number of hydrogen-bond acceptors (Lipinski definition) is 4. The zero-order chi connectivity index (χ0) is 15.1. The number of hydrogen-bond donors (Lipinski definition) is 0. The maximum Gasteiger partial charge on any atom is 0.501 e. The molecule has 0 spiro atoms. The van der Waals surface area contributed by atoms with Crippen molar-refractivity contribution in [2.24, 2.45) is 5.92 Å². The SMILES string of the molecule is CCO[Si]1(OCC)CC(C)CN(c2ccccc2)CCO1. The Bertz CT molecular complexity index is 409. The van der Waals surface area contributed by atoms with Crippen molar-refractivity contribution in [3.63, 3.8) is 0 Å². The minimum atomic E-state index is -2.49. The summed E-state index contributed by atoms with van der Waals surface area (Å²) in [5, 5.41) is 0. The first kappa shape index (κ1) is 16.5. The Morgan fingerprint density at radius 2 is 1.86 bits per heavy atom. The summed E-state index contributed by atoms with van der Waals surface area (Å²) in [6.45, 7) is 10.1. The largest absolute Gasteiger partial charge is 0.501 e. The van der Waals surface area contributed by atoms with Crippen molar-refractivity contribution in [3.8, 4) is 0 Å². The smallest absolute Gasteiger partial charge is 0.374 e. The van der Waals surface area contributed by atoms with Gasteiger partial charge in [-0.1, -0.05) is 25.1 Å². The average molecular weight is 309 g/mol. The van der Waals surface area contributed by atoms with Gasteiger partial charge < -0.3 is 18.2 Å². The van der Waals surface area contributed by atoms with Crippen LogP contribution in [0.1, 0.15) is 20.8 Å². The summed E-state index contributed by atoms with van der Waals surface area (Å²) < 4.78 is 18.0. The molecule has 0 N–H and O–H groups in total. The maximum atomic E-state index is 6.13. The summed E-state index contributed by atoms with van der Waals surface area (Å²) in [5.41, 5.74) is 1.26. The van der Waals surface area contributed by atoms with Crippen LogP contribution >= 0.6 is 0 Å². The Kier molecular flexibility index (Phi) is 6.23. The summed E-state index contributed by atoms with van der Waals surface area (Å²) in [6.07, 6.45) is 0. The van der Waals surface area contributed by atoms with Crippen LogP contribution in [0.2, 0.25) is 6.04 Å². The molecular formula is C16H27NO3Si. The Labute approximate surface area is 129 Å². The molecule has 1 heterocycles. The molecule has 1 aromatic rings. The quantitative estimate of drug-likeness (QED) is 0.782. The van der Waals surface area contributed by atoms with Crippen molar-refractivity contribution >= 4 is 14.5 Å². The molecule has 1 saturated heterocycles. The zero-order valence-corrected chi connectivity index (χ0v) is 14.4. The van der Waals surface area contributed by atoms with Crippen LogP contribution in [0.4, 0.5) is 5.69 Å². The standard InChI is InChI=1S/C16H27NO3Si/c1-4-18-21(19-5-2)14-15(3)13-17(11-12-20-21)16-9-7-6-8-10-16/h6-10,15H,4-5,11-14H2,1-3H3. The normalized spacial score (nSPS) is 22.6. The van der Waals surface area contributed by atoms with E-state index in [0.717, 1.165) is 19.1 Å². The van der Waals surface area contributed by atoms with E-state index in [4.69, 9.17) is 13.3 Å². The van der Waals surface area contributed by atoms with Crippen LogP contribution in [0.15, 0.2) is 30.3 Å². The number of benzene rings is 1. The molecule has 21 heavy (non-hydrogen) atoms. The molecule has 0 aliphatic carbocycles. The van der Waals surface area contributed by atoms with Crippen LogP contribution in [0, 0.1) is 5.92 Å². The molecule has 1 unspecified atom stereocenters. The van der Waals surface area contributed by atoms with Gasteiger partial charge in [-0.05, 0) is 31.9 Å². The van der Waals surface area contributed by atoms with E-state index in [1.807, 2.05) is 13.8 Å². The van der Waals surface area contributed by atoms with E-state index in [1.54, 1.807) is 0 Å². The third-order valence-corrected chi connectivity index (χ3v) is 6.96. The van der Waals surface area contributed by atoms with Crippen LogP contribution in [0.25, 0.3) is 0 Å². The Hall–Kier alpha value is -0.883. The molecule has 0 saturated carbocycles. The number of rotatable bonds is 5. The van der Waals surface area contributed by atoms with Crippen molar-refractivity contribution < 1.29 is 13.3 Å². The van der Waals surface area contributed by atoms with Gasteiger partial charge in [-0.15, -0.1) is 0 Å². The van der Waals surface area contributed by atoms with Crippen LogP contribution in [0.3, 0.4) is 0 Å². The van der Waals surface area contributed by atoms with Gasteiger partial charge in [0.05, 0.1) is 6.61 Å². The highest BCUT2D eigenvalue weighted by Gasteiger charge is 2.43. The van der Waals surface area contributed by atoms with Gasteiger partial charge in [-0.3, -0.25) is 0 Å². The molecule has 2 rings (SSSR count). The highest BCUT2D eigenvalue weighted by molar-refractivity contribution is 6.60. The molecule has 0 bridgehead atoms. The van der Waals surface area contributed by atoms with E-state index in [0.29, 0.717) is 25.7 Å². The van der Waals surface area contributed by atoms with Gasteiger partial charge >= 0.3 is 8.80 Å². The summed E-state index contributed by atoms with van der Waals surface area (Å²) in [5.74, 6) is 0.482. The van der Waals surface area contributed by atoms with Crippen LogP contribution in [-0.2, 0) is 13.3 Å². The summed E-state index contributed by atoms with van der Waals surface area (Å²) in [4.78, 5) is 2.39. The van der Waals surface area contributed by atoms with Gasteiger partial charge in [0.15, 0.2) is 0 Å². The third kappa shape index (κ3) is 4.54. The maximum absolute atomic E-state index is 6.13. The molecule has 1 atom stereocenters. The van der Waals surface area contributed by atoms with E-state index in [9.17, 15) is 0 Å². The van der Waals surface area contributed by atoms with Crippen LogP contribution < -0.4 is 4.90 Å². The molecule has 1 aliphatic rings. The molecule has 0 aromatic heterocycles. The van der Waals surface area contributed by atoms with Gasteiger partial charge in [0.1, 0.15) is 0 Å². The molecule has 1 aromatic carbocycles. The summed E-state index contributed by atoms with van der Waals surface area (Å²) >= 11 is 0. The van der Waals surface area contributed by atoms with E-state index in [-0.39, 0.29) is 0 Å². The second-order valence-corrected chi connectivity index (χ2v) is 8.13. The minimum absolute atomic E-state index is 0.482. The lowest BCUT2D eigenvalue weighted by Gasteiger charge is -2.37. The van der Waals surface area contributed by atoms with Gasteiger partial charge in [0.25, 0.3) is 0 Å². The molecule has 0 radical (unpaired) electrons. The first-order valence-corrected chi connectivity index (χ1v) is 9.84. The average Bonchev–Trinajstić information content (AvgIpc) is 2.46. The molecule has 5 heteroatoms. The van der Waals surface area contributed by atoms with Crippen LogP contribution in [0.5, 0.6) is 0 Å². The van der Waals surface area contributed by atoms with Crippen molar-refractivity contribution in [2.75, 3.05) is 37.8 Å². The predicted molar refractivity (Wildman–Crippen MR) is 87.6 cm³/mol. The predicted octanol–water partition coefficient (Wildman–Crippen LogP) is 3.17. The summed E-state index contributed by atoms with van der Waals surface area (Å²) in [6, 6.07) is 11.4. The highest BCUT2D eigenvalue weighted by Crippen LogP contribution is 2.26. The number of nitrogens with zero attached hydrogens (tertiary/aromatic N) is 1. The van der Waals surface area contributed by atoms with Crippen LogP contribution in [-0.4, -0.2) is 41.7 Å². The van der Waals surface area contributed by atoms with E-state index in [1.165, 1.54) is 5.69 Å².